The van der Waals surface area contributed by atoms with Crippen LogP contribution in [0.5, 0.6) is 0 Å². The Kier molecular flexibility index (Phi) is 13.1. The number of rotatable bonds is 7. The molecule has 1 atom stereocenters. The summed E-state index contributed by atoms with van der Waals surface area (Å²) in [6.45, 7) is 7.39. The van der Waals surface area contributed by atoms with Crippen LogP contribution in [0.2, 0.25) is 0 Å². The number of carbonyl (C=O) groups is 2. The van der Waals surface area contributed by atoms with Crippen molar-refractivity contribution in [3.8, 4) is 0 Å². The van der Waals surface area contributed by atoms with Crippen LogP contribution in [0.3, 0.4) is 0 Å². The summed E-state index contributed by atoms with van der Waals surface area (Å²) < 4.78 is 9.74. The fourth-order valence-corrected chi connectivity index (χ4v) is 0.945. The third-order valence-corrected chi connectivity index (χ3v) is 1.64. The molecular formula is C11H20NaO4. The minimum absolute atomic E-state index is 0. The van der Waals surface area contributed by atoms with E-state index < -0.39 is 6.10 Å². The van der Waals surface area contributed by atoms with Crippen LogP contribution in [-0.2, 0) is 19.1 Å². The molecule has 0 aliphatic heterocycles. The van der Waals surface area contributed by atoms with E-state index in [1.807, 2.05) is 13.8 Å². The van der Waals surface area contributed by atoms with Gasteiger partial charge in [-0.1, -0.05) is 13.8 Å². The van der Waals surface area contributed by atoms with E-state index >= 15 is 0 Å². The van der Waals surface area contributed by atoms with Crippen molar-refractivity contribution >= 4 is 41.5 Å². The molecule has 0 rings (SSSR count). The van der Waals surface area contributed by atoms with Crippen LogP contribution in [-0.4, -0.2) is 54.2 Å². The number of hydrogen-bond acceptors (Lipinski definition) is 4. The van der Waals surface area contributed by atoms with E-state index in [4.69, 9.17) is 9.47 Å². The first-order chi connectivity index (χ1) is 7.10. The molecule has 0 N–H and O–H groups in total. The van der Waals surface area contributed by atoms with Crippen LogP contribution in [0.15, 0.2) is 0 Å². The molecular weight excluding hydrogens is 219 g/mol. The minimum atomic E-state index is -0.607. The molecule has 5 heteroatoms. The van der Waals surface area contributed by atoms with Gasteiger partial charge in [-0.3, -0.25) is 9.59 Å². The Morgan fingerprint density at radius 1 is 1.12 bits per heavy atom. The van der Waals surface area contributed by atoms with Crippen molar-refractivity contribution < 1.29 is 19.1 Å². The Balaban J connectivity index is 0. The van der Waals surface area contributed by atoms with E-state index in [1.165, 1.54) is 0 Å². The summed E-state index contributed by atoms with van der Waals surface area (Å²) in [6.07, 6.45) is 1.63. The molecule has 0 heterocycles. The molecule has 4 nitrogen and oxygen atoms in total. The van der Waals surface area contributed by atoms with Crippen LogP contribution in [0, 0.1) is 6.92 Å². The third-order valence-electron chi connectivity index (χ3n) is 1.64. The van der Waals surface area contributed by atoms with Crippen LogP contribution in [0.25, 0.3) is 0 Å². The molecule has 16 heavy (non-hydrogen) atoms. The Hall–Kier alpha value is -0.0600. The topological polar surface area (TPSA) is 52.6 Å². The van der Waals surface area contributed by atoms with Crippen molar-refractivity contribution in [3.05, 3.63) is 6.92 Å². The summed E-state index contributed by atoms with van der Waals surface area (Å²) in [4.78, 5) is 22.0. The zero-order valence-electron chi connectivity index (χ0n) is 9.45. The molecule has 0 aromatic carbocycles. The number of esters is 2. The summed E-state index contributed by atoms with van der Waals surface area (Å²) in [5, 5.41) is 0. The van der Waals surface area contributed by atoms with E-state index in [9.17, 15) is 9.59 Å². The maximum absolute atomic E-state index is 11.0. The predicted molar refractivity (Wildman–Crippen MR) is 63.2 cm³/mol. The Morgan fingerprint density at radius 3 is 2.12 bits per heavy atom. The van der Waals surface area contributed by atoms with Crippen LogP contribution >= 0.6 is 0 Å². The molecule has 0 aromatic rings. The van der Waals surface area contributed by atoms with Gasteiger partial charge in [0.25, 0.3) is 0 Å². The van der Waals surface area contributed by atoms with Crippen molar-refractivity contribution in [2.45, 2.75) is 45.6 Å². The van der Waals surface area contributed by atoms with Crippen molar-refractivity contribution in [3.63, 3.8) is 0 Å². The van der Waals surface area contributed by atoms with Crippen molar-refractivity contribution in [2.24, 2.45) is 0 Å². The molecule has 1 unspecified atom stereocenters. The van der Waals surface area contributed by atoms with Gasteiger partial charge in [0.1, 0.15) is 12.7 Å². The van der Waals surface area contributed by atoms with Gasteiger partial charge in [-0.2, -0.15) is 0 Å². The maximum atomic E-state index is 11.0. The van der Waals surface area contributed by atoms with Gasteiger partial charge in [-0.15, -0.1) is 0 Å². The van der Waals surface area contributed by atoms with E-state index in [1.54, 1.807) is 0 Å². The van der Waals surface area contributed by atoms with E-state index in [2.05, 4.69) is 6.92 Å². The quantitative estimate of drug-likeness (QED) is 0.495. The van der Waals surface area contributed by atoms with Gasteiger partial charge in [0.2, 0.25) is 0 Å². The molecule has 0 bridgehead atoms. The molecule has 1 radical (unpaired) electrons. The van der Waals surface area contributed by atoms with Gasteiger partial charge >= 0.3 is 41.5 Å². The van der Waals surface area contributed by atoms with E-state index in [-0.39, 0.29) is 48.1 Å². The summed E-state index contributed by atoms with van der Waals surface area (Å²) in [5.41, 5.74) is 0. The fourth-order valence-electron chi connectivity index (χ4n) is 0.945. The second-order valence-electron chi connectivity index (χ2n) is 3.29. The summed E-state index contributed by atoms with van der Waals surface area (Å²) in [7, 11) is 0. The normalized spacial score (nSPS) is 11.2. The molecule has 89 valence electrons. The first-order valence-corrected chi connectivity index (χ1v) is 5.28. The fraction of sp³-hybridized carbons (Fsp3) is 0.727. The number of carbonyl (C=O) groups excluding carboxylic acids is 2. The van der Waals surface area contributed by atoms with E-state index in [0.29, 0.717) is 12.8 Å². The molecule has 0 fully saturated rings. The van der Waals surface area contributed by atoms with Crippen LogP contribution < -0.4 is 0 Å². The van der Waals surface area contributed by atoms with E-state index in [0.717, 1.165) is 12.8 Å². The number of ether oxygens (including phenoxy) is 2. The van der Waals surface area contributed by atoms with Gasteiger partial charge in [0.15, 0.2) is 0 Å². The van der Waals surface area contributed by atoms with Gasteiger partial charge in [-0.05, 0) is 19.8 Å². The monoisotopic (exact) mass is 239 g/mol. The zero-order chi connectivity index (χ0) is 11.7. The zero-order valence-corrected chi connectivity index (χ0v) is 9.45. The van der Waals surface area contributed by atoms with Crippen molar-refractivity contribution in [1.29, 1.82) is 0 Å². The Morgan fingerprint density at radius 2 is 1.62 bits per heavy atom. The third kappa shape index (κ3) is 10.5. The summed E-state index contributed by atoms with van der Waals surface area (Å²) in [5.74, 6) is -0.582. The first kappa shape index (κ1) is 18.3. The van der Waals surface area contributed by atoms with Crippen molar-refractivity contribution in [2.75, 3.05) is 6.61 Å². The summed E-state index contributed by atoms with van der Waals surface area (Å²) >= 11 is 0. The van der Waals surface area contributed by atoms with Gasteiger partial charge in [0.05, 0.1) is 0 Å². The molecule has 0 amide bonds. The van der Waals surface area contributed by atoms with Crippen LogP contribution in [0.4, 0.5) is 0 Å². The average Bonchev–Trinajstić information content (AvgIpc) is 2.15. The van der Waals surface area contributed by atoms with Gasteiger partial charge < -0.3 is 9.47 Å². The molecule has 0 saturated carbocycles. The van der Waals surface area contributed by atoms with Gasteiger partial charge in [0, 0.05) is 12.8 Å². The molecule has 0 saturated heterocycles. The second kappa shape index (κ2) is 11.4. The Labute approximate surface area is 119 Å². The van der Waals surface area contributed by atoms with Gasteiger partial charge in [-0.25, -0.2) is 0 Å². The molecule has 0 aromatic heterocycles. The second-order valence-corrected chi connectivity index (χ2v) is 3.29. The standard InChI is InChI=1S/C11H19O4.Na.H/c1-4-6-10(12)14-8-9(3)15-11(13)7-5-2;;/h9H,3-8H2,1-2H3;;. The average molecular weight is 239 g/mol. The predicted octanol–water partition coefficient (Wildman–Crippen LogP) is 1.23. The molecule has 0 aliphatic carbocycles. The number of hydrogen-bond donors (Lipinski definition) is 0. The molecule has 0 spiro atoms. The van der Waals surface area contributed by atoms with Crippen molar-refractivity contribution in [1.82, 2.24) is 0 Å². The Bertz CT molecular complexity index is 206. The van der Waals surface area contributed by atoms with Crippen LogP contribution in [0.1, 0.15) is 39.5 Å². The SMILES string of the molecule is [CH2]C(COC(=O)CCC)OC(=O)CCC.[NaH]. The summed E-state index contributed by atoms with van der Waals surface area (Å²) in [6, 6.07) is 0. The first-order valence-electron chi connectivity index (χ1n) is 5.28. The molecule has 0 aliphatic rings.